The minimum atomic E-state index is -0.218. The molecule has 0 saturated heterocycles. The highest BCUT2D eigenvalue weighted by molar-refractivity contribution is 6.13. The van der Waals surface area contributed by atoms with E-state index >= 15 is 0 Å². The number of furan rings is 1. The Labute approximate surface area is 337 Å². The van der Waals surface area contributed by atoms with Crippen LogP contribution in [0.15, 0.2) is 192 Å². The maximum atomic E-state index is 6.58. The molecule has 274 valence electrons. The Kier molecular flexibility index (Phi) is 7.80. The van der Waals surface area contributed by atoms with Gasteiger partial charge in [-0.3, -0.25) is 0 Å². The Balaban J connectivity index is 1.01. The second kappa shape index (κ2) is 13.4. The van der Waals surface area contributed by atoms with Crippen molar-refractivity contribution in [3.63, 3.8) is 0 Å². The van der Waals surface area contributed by atoms with Gasteiger partial charge in [0.05, 0.1) is 0 Å². The zero-order chi connectivity index (χ0) is 38.8. The highest BCUT2D eigenvalue weighted by atomic mass is 16.3. The van der Waals surface area contributed by atoms with Gasteiger partial charge in [0.15, 0.2) is 17.5 Å². The first-order chi connectivity index (χ1) is 28.5. The van der Waals surface area contributed by atoms with E-state index in [1.165, 1.54) is 33.4 Å². The normalized spacial score (nSPS) is 12.8. The van der Waals surface area contributed by atoms with Crippen LogP contribution in [0.1, 0.15) is 25.0 Å². The summed E-state index contributed by atoms with van der Waals surface area (Å²) in [6, 6.07) is 66.0. The molecule has 0 fully saturated rings. The van der Waals surface area contributed by atoms with Crippen LogP contribution in [0.4, 0.5) is 0 Å². The van der Waals surface area contributed by atoms with E-state index in [1.54, 1.807) is 0 Å². The molecular weight excluding hydrogens is 707 g/mol. The second-order valence-electron chi connectivity index (χ2n) is 15.6. The summed E-state index contributed by atoms with van der Waals surface area (Å²) >= 11 is 0. The quantitative estimate of drug-likeness (QED) is 0.170. The van der Waals surface area contributed by atoms with Crippen LogP contribution < -0.4 is 0 Å². The fourth-order valence-electron chi connectivity index (χ4n) is 8.96. The van der Waals surface area contributed by atoms with E-state index in [0.29, 0.717) is 17.5 Å². The molecule has 0 aliphatic heterocycles. The summed E-state index contributed by atoms with van der Waals surface area (Å²) in [4.78, 5) is 15.5. The van der Waals surface area contributed by atoms with Crippen molar-refractivity contribution in [3.05, 3.63) is 199 Å². The van der Waals surface area contributed by atoms with Crippen LogP contribution in [0.2, 0.25) is 0 Å². The van der Waals surface area contributed by atoms with Crippen LogP contribution in [0.5, 0.6) is 0 Å². The maximum absolute atomic E-state index is 6.58. The first-order valence-electron chi connectivity index (χ1n) is 19.8. The van der Waals surface area contributed by atoms with E-state index in [0.717, 1.165) is 60.9 Å². The lowest BCUT2D eigenvalue weighted by atomic mass is 9.80. The van der Waals surface area contributed by atoms with Gasteiger partial charge in [-0.25, -0.2) is 15.0 Å². The van der Waals surface area contributed by atoms with Gasteiger partial charge < -0.3 is 4.42 Å². The van der Waals surface area contributed by atoms with Crippen LogP contribution in [-0.4, -0.2) is 15.0 Å². The number of aromatic nitrogens is 3. The summed E-state index contributed by atoms with van der Waals surface area (Å²) in [6.07, 6.45) is 0. The van der Waals surface area contributed by atoms with Crippen LogP contribution in [0, 0.1) is 0 Å². The molecule has 0 spiro atoms. The highest BCUT2D eigenvalue weighted by Gasteiger charge is 2.38. The molecule has 0 saturated carbocycles. The molecule has 10 aromatic rings. The number of nitrogens with zero attached hydrogens (tertiary/aromatic N) is 3. The predicted molar refractivity (Wildman–Crippen MR) is 237 cm³/mol. The molecular formula is C54H37N3O. The average Bonchev–Trinajstić information content (AvgIpc) is 3.78. The molecule has 11 rings (SSSR count). The standard InChI is InChI=1S/C54H37N3O/c1-54(2)46-27-10-9-23-42(46)43-25-13-26-45(50(43)54)53-56-51(35-17-7-4-8-18-35)55-52(57-53)40-22-12-20-37(32-40)38-29-30-44-48(33-38)58-47-28-14-24-41(49(44)47)39-21-11-19-36(31-39)34-15-5-3-6-16-34/h3-33H,1-2H3. The zero-order valence-corrected chi connectivity index (χ0v) is 32.1. The molecule has 0 amide bonds. The third kappa shape index (κ3) is 5.56. The molecule has 1 aliphatic rings. The molecule has 4 nitrogen and oxygen atoms in total. The number of rotatable bonds is 6. The van der Waals surface area contributed by atoms with Crippen LogP contribution >= 0.6 is 0 Å². The molecule has 0 atom stereocenters. The Hall–Kier alpha value is -7.43. The van der Waals surface area contributed by atoms with Crippen molar-refractivity contribution in [1.82, 2.24) is 15.0 Å². The minimum Gasteiger partial charge on any atom is -0.456 e. The lowest BCUT2D eigenvalue weighted by molar-refractivity contribution is 0.661. The summed E-state index contributed by atoms with van der Waals surface area (Å²) in [5, 5.41) is 2.21. The third-order valence-electron chi connectivity index (χ3n) is 11.7. The van der Waals surface area contributed by atoms with Gasteiger partial charge >= 0.3 is 0 Å². The largest absolute Gasteiger partial charge is 0.456 e. The fraction of sp³-hybridized carbons (Fsp3) is 0.0556. The minimum absolute atomic E-state index is 0.218. The van der Waals surface area contributed by atoms with Crippen LogP contribution in [-0.2, 0) is 5.41 Å². The number of hydrogen-bond donors (Lipinski definition) is 0. The first-order valence-corrected chi connectivity index (χ1v) is 19.8. The van der Waals surface area contributed by atoms with Gasteiger partial charge in [0.1, 0.15) is 11.2 Å². The Morgan fingerprint density at radius 2 is 0.897 bits per heavy atom. The summed E-state index contributed by atoms with van der Waals surface area (Å²) in [6.45, 7) is 4.60. The van der Waals surface area contributed by atoms with E-state index < -0.39 is 0 Å². The molecule has 1 aliphatic carbocycles. The molecule has 0 bridgehead atoms. The second-order valence-corrected chi connectivity index (χ2v) is 15.6. The molecule has 0 radical (unpaired) electrons. The SMILES string of the molecule is CC1(C)c2ccccc2-c2cccc(-c3nc(-c4ccccc4)nc(-c4cccc(-c5ccc6c(c5)oc5cccc(-c7cccc(-c8ccccc8)c7)c56)c4)n3)c21. The van der Waals surface area contributed by atoms with Gasteiger partial charge in [0.25, 0.3) is 0 Å². The molecule has 0 unspecified atom stereocenters. The van der Waals surface area contributed by atoms with Crippen molar-refractivity contribution in [3.8, 4) is 78.7 Å². The van der Waals surface area contributed by atoms with E-state index in [1.807, 2.05) is 18.2 Å². The number of hydrogen-bond acceptors (Lipinski definition) is 4. The predicted octanol–water partition coefficient (Wildman–Crippen LogP) is 14.1. The third-order valence-corrected chi connectivity index (χ3v) is 11.7. The van der Waals surface area contributed by atoms with Gasteiger partial charge in [-0.1, -0.05) is 172 Å². The van der Waals surface area contributed by atoms with Crippen LogP contribution in [0.25, 0.3) is 101 Å². The summed E-state index contributed by atoms with van der Waals surface area (Å²) in [5.74, 6) is 1.94. The van der Waals surface area contributed by atoms with E-state index in [2.05, 4.69) is 184 Å². The molecule has 2 aromatic heterocycles. The molecule has 58 heavy (non-hydrogen) atoms. The monoisotopic (exact) mass is 743 g/mol. The Morgan fingerprint density at radius 3 is 1.71 bits per heavy atom. The lowest BCUT2D eigenvalue weighted by Crippen LogP contribution is -2.17. The van der Waals surface area contributed by atoms with Crippen molar-refractivity contribution in [2.24, 2.45) is 0 Å². The van der Waals surface area contributed by atoms with Gasteiger partial charge in [-0.15, -0.1) is 0 Å². The highest BCUT2D eigenvalue weighted by Crippen LogP contribution is 2.52. The van der Waals surface area contributed by atoms with Gasteiger partial charge in [0, 0.05) is 32.9 Å². The van der Waals surface area contributed by atoms with Crippen molar-refractivity contribution >= 4 is 21.9 Å². The number of benzene rings is 8. The molecule has 8 aromatic carbocycles. The topological polar surface area (TPSA) is 51.8 Å². The molecule has 2 heterocycles. The fourth-order valence-corrected chi connectivity index (χ4v) is 8.96. The molecule has 0 N–H and O–H groups in total. The van der Waals surface area contributed by atoms with Gasteiger partial charge in [0.2, 0.25) is 0 Å². The van der Waals surface area contributed by atoms with Crippen molar-refractivity contribution < 1.29 is 4.42 Å². The Morgan fingerprint density at radius 1 is 0.362 bits per heavy atom. The smallest absolute Gasteiger partial charge is 0.164 e. The van der Waals surface area contributed by atoms with Crippen LogP contribution in [0.3, 0.4) is 0 Å². The summed E-state index contributed by atoms with van der Waals surface area (Å²) in [5.41, 5.74) is 16.2. The van der Waals surface area contributed by atoms with Crippen molar-refractivity contribution in [2.45, 2.75) is 19.3 Å². The Bertz CT molecular complexity index is 3200. The van der Waals surface area contributed by atoms with Crippen molar-refractivity contribution in [1.29, 1.82) is 0 Å². The first kappa shape index (κ1) is 33.9. The number of fused-ring (bicyclic) bond motifs is 6. The molecule has 4 heteroatoms. The van der Waals surface area contributed by atoms with Gasteiger partial charge in [-0.05, 0) is 86.0 Å². The van der Waals surface area contributed by atoms with E-state index in [4.69, 9.17) is 19.4 Å². The van der Waals surface area contributed by atoms with E-state index in [9.17, 15) is 0 Å². The summed E-state index contributed by atoms with van der Waals surface area (Å²) in [7, 11) is 0. The lowest BCUT2D eigenvalue weighted by Gasteiger charge is -2.24. The van der Waals surface area contributed by atoms with E-state index in [-0.39, 0.29) is 5.41 Å². The maximum Gasteiger partial charge on any atom is 0.164 e. The average molecular weight is 744 g/mol. The summed E-state index contributed by atoms with van der Waals surface area (Å²) < 4.78 is 6.58. The zero-order valence-electron chi connectivity index (χ0n) is 32.1. The van der Waals surface area contributed by atoms with Crippen molar-refractivity contribution in [2.75, 3.05) is 0 Å². The van der Waals surface area contributed by atoms with Gasteiger partial charge in [-0.2, -0.15) is 0 Å².